The highest BCUT2D eigenvalue weighted by molar-refractivity contribution is 8.00. The van der Waals surface area contributed by atoms with Crippen molar-refractivity contribution < 1.29 is 14.7 Å². The second-order valence-electron chi connectivity index (χ2n) is 6.12. The summed E-state index contributed by atoms with van der Waals surface area (Å²) < 4.78 is 0. The molecule has 0 spiro atoms. The van der Waals surface area contributed by atoms with Gasteiger partial charge in [0.1, 0.15) is 6.04 Å². The van der Waals surface area contributed by atoms with E-state index in [0.717, 1.165) is 6.42 Å². The molecule has 0 bridgehead atoms. The molecule has 1 heterocycles. The highest BCUT2D eigenvalue weighted by atomic mass is 32.2. The summed E-state index contributed by atoms with van der Waals surface area (Å²) in [6.07, 6.45) is 0.924. The Kier molecular flexibility index (Phi) is 6.17. The number of rotatable bonds is 5. The molecule has 0 saturated carbocycles. The highest BCUT2D eigenvalue weighted by Crippen LogP contribution is 2.34. The van der Waals surface area contributed by atoms with E-state index in [1.807, 2.05) is 13.8 Å². The minimum atomic E-state index is -0.911. The van der Waals surface area contributed by atoms with Gasteiger partial charge >= 0.3 is 12.0 Å². The minimum absolute atomic E-state index is 0.0508. The molecule has 0 aromatic carbocycles. The van der Waals surface area contributed by atoms with Gasteiger partial charge in [-0.25, -0.2) is 9.59 Å². The lowest BCUT2D eigenvalue weighted by Crippen LogP contribution is -2.52. The van der Waals surface area contributed by atoms with Crippen LogP contribution in [0, 0.1) is 11.8 Å². The predicted octanol–water partition coefficient (Wildman–Crippen LogP) is 2.57. The maximum Gasteiger partial charge on any atom is 0.327 e. The van der Waals surface area contributed by atoms with E-state index in [-0.39, 0.29) is 17.3 Å². The lowest BCUT2D eigenvalue weighted by Gasteiger charge is -2.33. The van der Waals surface area contributed by atoms with E-state index in [2.05, 4.69) is 13.8 Å². The number of thioether (sulfide) groups is 1. The van der Waals surface area contributed by atoms with Gasteiger partial charge in [0.15, 0.2) is 0 Å². The summed E-state index contributed by atoms with van der Waals surface area (Å²) in [7, 11) is 1.75. The zero-order valence-corrected chi connectivity index (χ0v) is 13.8. The average Bonchev–Trinajstić information content (AvgIpc) is 2.79. The molecule has 20 heavy (non-hydrogen) atoms. The second kappa shape index (κ2) is 7.20. The summed E-state index contributed by atoms with van der Waals surface area (Å²) in [5, 5.41) is 9.26. The Morgan fingerprint density at radius 3 is 2.40 bits per heavy atom. The second-order valence-corrected chi connectivity index (χ2v) is 7.27. The predicted molar refractivity (Wildman–Crippen MR) is 81.8 cm³/mol. The third-order valence-corrected chi connectivity index (χ3v) is 5.10. The molecule has 0 aliphatic carbocycles. The van der Waals surface area contributed by atoms with Crippen LogP contribution in [0.25, 0.3) is 0 Å². The van der Waals surface area contributed by atoms with E-state index in [9.17, 15) is 14.7 Å². The molecule has 1 rings (SSSR count). The van der Waals surface area contributed by atoms with Crippen molar-refractivity contribution in [2.45, 2.75) is 45.5 Å². The van der Waals surface area contributed by atoms with Gasteiger partial charge in [-0.15, -0.1) is 11.8 Å². The summed E-state index contributed by atoms with van der Waals surface area (Å²) in [5.74, 6) is 0.328. The van der Waals surface area contributed by atoms with Crippen molar-refractivity contribution in [1.82, 2.24) is 9.80 Å². The van der Waals surface area contributed by atoms with Crippen molar-refractivity contribution >= 4 is 23.8 Å². The summed E-state index contributed by atoms with van der Waals surface area (Å²) >= 11 is 1.56. The van der Waals surface area contributed by atoms with Crippen molar-refractivity contribution in [2.24, 2.45) is 11.8 Å². The van der Waals surface area contributed by atoms with Gasteiger partial charge in [-0.1, -0.05) is 27.7 Å². The number of urea groups is 1. The van der Waals surface area contributed by atoms with Crippen LogP contribution in [0.3, 0.4) is 0 Å². The zero-order chi connectivity index (χ0) is 15.4. The summed E-state index contributed by atoms with van der Waals surface area (Å²) in [5.41, 5.74) is 0. The molecule has 2 unspecified atom stereocenters. The van der Waals surface area contributed by atoms with Crippen molar-refractivity contribution in [3.63, 3.8) is 0 Å². The largest absolute Gasteiger partial charge is 0.480 e. The topological polar surface area (TPSA) is 60.9 Å². The quantitative estimate of drug-likeness (QED) is 0.848. The molecule has 0 aromatic heterocycles. The Morgan fingerprint density at radius 1 is 1.35 bits per heavy atom. The molecule has 0 aromatic rings. The minimum Gasteiger partial charge on any atom is -0.480 e. The third kappa shape index (κ3) is 4.04. The highest BCUT2D eigenvalue weighted by Gasteiger charge is 2.43. The van der Waals surface area contributed by atoms with Crippen LogP contribution in [0.2, 0.25) is 0 Å². The van der Waals surface area contributed by atoms with Gasteiger partial charge < -0.3 is 10.0 Å². The molecular weight excluding hydrogens is 276 g/mol. The van der Waals surface area contributed by atoms with Gasteiger partial charge in [-0.2, -0.15) is 0 Å². The zero-order valence-electron chi connectivity index (χ0n) is 13.0. The fourth-order valence-electron chi connectivity index (χ4n) is 2.22. The van der Waals surface area contributed by atoms with E-state index in [4.69, 9.17) is 0 Å². The van der Waals surface area contributed by atoms with Gasteiger partial charge in [0.05, 0.1) is 5.37 Å². The first-order valence-electron chi connectivity index (χ1n) is 7.13. The number of carbonyl (C=O) groups is 2. The molecule has 6 heteroatoms. The summed E-state index contributed by atoms with van der Waals surface area (Å²) in [6, 6.07) is -0.872. The van der Waals surface area contributed by atoms with Crippen LogP contribution in [-0.2, 0) is 4.79 Å². The number of hydrogen-bond acceptors (Lipinski definition) is 3. The van der Waals surface area contributed by atoms with Crippen LogP contribution in [-0.4, -0.2) is 57.7 Å². The number of hydrogen-bond donors (Lipinski definition) is 1. The van der Waals surface area contributed by atoms with Crippen LogP contribution in [0.4, 0.5) is 4.79 Å². The smallest absolute Gasteiger partial charge is 0.327 e. The summed E-state index contributed by atoms with van der Waals surface area (Å²) in [6.45, 7) is 8.93. The molecule has 1 fully saturated rings. The van der Waals surface area contributed by atoms with Crippen LogP contribution < -0.4 is 0 Å². The Morgan fingerprint density at radius 2 is 1.95 bits per heavy atom. The molecule has 5 nitrogen and oxygen atoms in total. The lowest BCUT2D eigenvalue weighted by atomic mass is 10.1. The lowest BCUT2D eigenvalue weighted by molar-refractivity contribution is -0.141. The normalized spacial score (nSPS) is 22.6. The first-order valence-corrected chi connectivity index (χ1v) is 8.18. The van der Waals surface area contributed by atoms with Crippen molar-refractivity contribution in [1.29, 1.82) is 0 Å². The average molecular weight is 302 g/mol. The van der Waals surface area contributed by atoms with Crippen LogP contribution >= 0.6 is 11.8 Å². The number of amides is 2. The van der Waals surface area contributed by atoms with Crippen molar-refractivity contribution in [3.8, 4) is 0 Å². The van der Waals surface area contributed by atoms with Crippen LogP contribution in [0.15, 0.2) is 0 Å². The van der Waals surface area contributed by atoms with Crippen molar-refractivity contribution in [2.75, 3.05) is 19.3 Å². The molecule has 1 N–H and O–H groups in total. The molecule has 116 valence electrons. The van der Waals surface area contributed by atoms with E-state index < -0.39 is 12.0 Å². The maximum atomic E-state index is 12.6. The van der Waals surface area contributed by atoms with Gasteiger partial charge in [-0.05, 0) is 18.3 Å². The number of carboxylic acid groups (broad SMARTS) is 1. The molecule has 2 atom stereocenters. The SMILES string of the molecule is CC(C)CCN(C)C(=O)N1C(C(=O)O)CSC1C(C)C. The van der Waals surface area contributed by atoms with Crippen molar-refractivity contribution in [3.05, 3.63) is 0 Å². The van der Waals surface area contributed by atoms with Crippen LogP contribution in [0.5, 0.6) is 0 Å². The van der Waals surface area contributed by atoms with E-state index in [1.165, 1.54) is 0 Å². The van der Waals surface area contributed by atoms with Gasteiger partial charge in [0.2, 0.25) is 0 Å². The Labute approximate surface area is 125 Å². The monoisotopic (exact) mass is 302 g/mol. The fourth-order valence-corrected chi connectivity index (χ4v) is 3.68. The Balaban J connectivity index is 2.80. The molecule has 1 saturated heterocycles. The van der Waals surface area contributed by atoms with E-state index in [0.29, 0.717) is 18.2 Å². The molecule has 2 amide bonds. The van der Waals surface area contributed by atoms with Gasteiger partial charge in [0.25, 0.3) is 0 Å². The van der Waals surface area contributed by atoms with E-state index in [1.54, 1.807) is 28.6 Å². The van der Waals surface area contributed by atoms with Gasteiger partial charge in [-0.3, -0.25) is 4.90 Å². The molecular formula is C14H26N2O3S. The Bertz CT molecular complexity index is 360. The third-order valence-electron chi connectivity index (χ3n) is 3.48. The Hall–Kier alpha value is -0.910. The van der Waals surface area contributed by atoms with Gasteiger partial charge in [0, 0.05) is 19.3 Å². The number of carbonyl (C=O) groups excluding carboxylic acids is 1. The van der Waals surface area contributed by atoms with E-state index >= 15 is 0 Å². The summed E-state index contributed by atoms with van der Waals surface area (Å²) in [4.78, 5) is 27.1. The van der Waals surface area contributed by atoms with Crippen LogP contribution in [0.1, 0.15) is 34.1 Å². The fraction of sp³-hybridized carbons (Fsp3) is 0.857. The maximum absolute atomic E-state index is 12.6. The molecule has 1 aliphatic rings. The molecule has 0 radical (unpaired) electrons. The number of carboxylic acids is 1. The number of nitrogens with zero attached hydrogens (tertiary/aromatic N) is 2. The first kappa shape index (κ1) is 17.1. The molecule has 1 aliphatic heterocycles. The first-order chi connectivity index (χ1) is 9.25. The number of aliphatic carboxylic acids is 1. The standard InChI is InChI=1S/C14H26N2O3S/c1-9(2)6-7-15(5)14(19)16-11(13(17)18)8-20-12(16)10(3)4/h9-12H,6-8H2,1-5H3,(H,17,18).